The molecule has 0 bridgehead atoms. The summed E-state index contributed by atoms with van der Waals surface area (Å²) in [5, 5.41) is 0. The minimum absolute atomic E-state index is 0.495. The molecule has 3 nitrogen and oxygen atoms in total. The zero-order chi connectivity index (χ0) is 12.9. The summed E-state index contributed by atoms with van der Waals surface area (Å²) in [5.41, 5.74) is 1.24. The van der Waals surface area contributed by atoms with E-state index < -0.39 is 14.8 Å². The average molecular weight is 255 g/mol. The van der Waals surface area contributed by atoms with E-state index in [1.807, 2.05) is 18.2 Å². The number of rotatable bonds is 5. The van der Waals surface area contributed by atoms with Crippen molar-refractivity contribution >= 4 is 10.0 Å². The van der Waals surface area contributed by atoms with Crippen LogP contribution < -0.4 is 4.72 Å². The van der Waals surface area contributed by atoms with Crippen molar-refractivity contribution in [2.45, 2.75) is 38.4 Å². The molecule has 0 heterocycles. The Balaban J connectivity index is 2.35. The molecule has 0 radical (unpaired) electrons. The Labute approximate surface area is 104 Å². The van der Waals surface area contributed by atoms with E-state index in [0.29, 0.717) is 6.54 Å². The van der Waals surface area contributed by atoms with Crippen LogP contribution in [0.15, 0.2) is 30.3 Å². The van der Waals surface area contributed by atoms with E-state index in [2.05, 4.69) is 16.9 Å². The quantitative estimate of drug-likeness (QED) is 0.821. The first-order valence-electron chi connectivity index (χ1n) is 5.86. The van der Waals surface area contributed by atoms with Gasteiger partial charge in [-0.05, 0) is 39.2 Å². The fourth-order valence-electron chi connectivity index (χ4n) is 1.36. The Morgan fingerprint density at radius 3 is 2.24 bits per heavy atom. The van der Waals surface area contributed by atoms with Crippen LogP contribution in [0.5, 0.6) is 0 Å². The monoisotopic (exact) mass is 255 g/mol. The Morgan fingerprint density at radius 2 is 1.71 bits per heavy atom. The average Bonchev–Trinajstić information content (AvgIpc) is 2.24. The Bertz CT molecular complexity index is 432. The molecule has 0 spiro atoms. The molecule has 1 aromatic carbocycles. The van der Waals surface area contributed by atoms with Crippen LogP contribution in [-0.2, 0) is 16.4 Å². The van der Waals surface area contributed by atoms with Gasteiger partial charge in [-0.15, -0.1) is 0 Å². The molecule has 0 amide bonds. The molecule has 0 atom stereocenters. The summed E-state index contributed by atoms with van der Waals surface area (Å²) in [6, 6.07) is 10.1. The van der Waals surface area contributed by atoms with E-state index in [4.69, 9.17) is 0 Å². The lowest BCUT2D eigenvalue weighted by atomic mass is 10.1. The van der Waals surface area contributed by atoms with Gasteiger partial charge < -0.3 is 0 Å². The SMILES string of the molecule is CC(C)(C)S(=O)(=O)NCCCc1ccccc1. The molecule has 96 valence electrons. The van der Waals surface area contributed by atoms with E-state index in [0.717, 1.165) is 12.8 Å². The van der Waals surface area contributed by atoms with Crippen LogP contribution in [0.4, 0.5) is 0 Å². The Morgan fingerprint density at radius 1 is 1.12 bits per heavy atom. The van der Waals surface area contributed by atoms with Crippen LogP contribution in [0.2, 0.25) is 0 Å². The first-order chi connectivity index (χ1) is 7.83. The zero-order valence-corrected chi connectivity index (χ0v) is 11.5. The van der Waals surface area contributed by atoms with Crippen molar-refractivity contribution in [3.05, 3.63) is 35.9 Å². The molecule has 0 aliphatic carbocycles. The third-order valence-corrected chi connectivity index (χ3v) is 4.78. The highest BCUT2D eigenvalue weighted by molar-refractivity contribution is 7.90. The molecule has 4 heteroatoms. The fourth-order valence-corrected chi connectivity index (χ4v) is 2.21. The molecule has 0 aromatic heterocycles. The molecule has 1 aromatic rings. The predicted octanol–water partition coefficient (Wildman–Crippen LogP) is 2.34. The van der Waals surface area contributed by atoms with E-state index in [1.54, 1.807) is 20.8 Å². The molecule has 1 N–H and O–H groups in total. The second kappa shape index (κ2) is 5.65. The van der Waals surface area contributed by atoms with Crippen molar-refractivity contribution in [1.82, 2.24) is 4.72 Å². The Hall–Kier alpha value is -0.870. The maximum absolute atomic E-state index is 11.8. The molecule has 0 fully saturated rings. The Kier molecular flexibility index (Phi) is 4.71. The lowest BCUT2D eigenvalue weighted by Gasteiger charge is -2.19. The van der Waals surface area contributed by atoms with Gasteiger partial charge in [0.25, 0.3) is 0 Å². The number of nitrogens with one attached hydrogen (secondary N) is 1. The second-order valence-electron chi connectivity index (χ2n) is 5.10. The molecular formula is C13H21NO2S. The number of aryl methyl sites for hydroxylation is 1. The summed E-state index contributed by atoms with van der Waals surface area (Å²) < 4.78 is 25.4. The second-order valence-corrected chi connectivity index (χ2v) is 7.62. The molecule has 1 rings (SSSR count). The van der Waals surface area contributed by atoms with Crippen molar-refractivity contribution < 1.29 is 8.42 Å². The highest BCUT2D eigenvalue weighted by Crippen LogP contribution is 2.13. The lowest BCUT2D eigenvalue weighted by Crippen LogP contribution is -2.39. The summed E-state index contributed by atoms with van der Waals surface area (Å²) in [6.45, 7) is 5.60. The van der Waals surface area contributed by atoms with Crippen molar-refractivity contribution in [2.24, 2.45) is 0 Å². The molecule has 0 saturated heterocycles. The molecular weight excluding hydrogens is 234 g/mol. The summed E-state index contributed by atoms with van der Waals surface area (Å²) in [5.74, 6) is 0. The number of hydrogen-bond donors (Lipinski definition) is 1. The van der Waals surface area contributed by atoms with Gasteiger partial charge in [0, 0.05) is 6.54 Å². The number of sulfonamides is 1. The van der Waals surface area contributed by atoms with Crippen molar-refractivity contribution in [3.8, 4) is 0 Å². The van der Waals surface area contributed by atoms with E-state index in [1.165, 1.54) is 5.56 Å². The van der Waals surface area contributed by atoms with Gasteiger partial charge in [-0.1, -0.05) is 30.3 Å². The maximum atomic E-state index is 11.8. The van der Waals surface area contributed by atoms with Crippen molar-refractivity contribution in [1.29, 1.82) is 0 Å². The largest absolute Gasteiger partial charge is 0.216 e. The summed E-state index contributed by atoms with van der Waals surface area (Å²) >= 11 is 0. The minimum Gasteiger partial charge on any atom is -0.215 e. The van der Waals surface area contributed by atoms with Gasteiger partial charge in [-0.3, -0.25) is 0 Å². The lowest BCUT2D eigenvalue weighted by molar-refractivity contribution is 0.543. The van der Waals surface area contributed by atoms with Gasteiger partial charge in [-0.25, -0.2) is 13.1 Å². The third-order valence-electron chi connectivity index (χ3n) is 2.58. The van der Waals surface area contributed by atoms with Crippen LogP contribution in [-0.4, -0.2) is 19.7 Å². The summed E-state index contributed by atoms with van der Waals surface area (Å²) in [7, 11) is -3.20. The minimum atomic E-state index is -3.20. The van der Waals surface area contributed by atoms with Crippen LogP contribution in [0.3, 0.4) is 0 Å². The molecule has 0 unspecified atom stereocenters. The van der Waals surface area contributed by atoms with Crippen molar-refractivity contribution in [2.75, 3.05) is 6.54 Å². The zero-order valence-electron chi connectivity index (χ0n) is 10.7. The van der Waals surface area contributed by atoms with Gasteiger partial charge in [0.1, 0.15) is 0 Å². The van der Waals surface area contributed by atoms with E-state index in [-0.39, 0.29) is 0 Å². The van der Waals surface area contributed by atoms with E-state index >= 15 is 0 Å². The normalized spacial score (nSPS) is 12.6. The molecule has 0 aliphatic rings. The van der Waals surface area contributed by atoms with Crippen LogP contribution >= 0.6 is 0 Å². The topological polar surface area (TPSA) is 46.2 Å². The van der Waals surface area contributed by atoms with Crippen LogP contribution in [0, 0.1) is 0 Å². The van der Waals surface area contributed by atoms with Gasteiger partial charge in [-0.2, -0.15) is 0 Å². The van der Waals surface area contributed by atoms with Crippen LogP contribution in [0.1, 0.15) is 32.8 Å². The van der Waals surface area contributed by atoms with Crippen LogP contribution in [0.25, 0.3) is 0 Å². The van der Waals surface area contributed by atoms with Crippen molar-refractivity contribution in [3.63, 3.8) is 0 Å². The first-order valence-corrected chi connectivity index (χ1v) is 7.34. The molecule has 17 heavy (non-hydrogen) atoms. The molecule has 0 saturated carbocycles. The van der Waals surface area contributed by atoms with Gasteiger partial charge in [0.15, 0.2) is 0 Å². The standard InChI is InChI=1S/C13H21NO2S/c1-13(2,3)17(15,16)14-11-7-10-12-8-5-4-6-9-12/h4-6,8-9,14H,7,10-11H2,1-3H3. The third kappa shape index (κ3) is 4.48. The van der Waals surface area contributed by atoms with E-state index in [9.17, 15) is 8.42 Å². The first kappa shape index (κ1) is 14.2. The number of hydrogen-bond acceptors (Lipinski definition) is 2. The number of benzene rings is 1. The molecule has 0 aliphatic heterocycles. The highest BCUT2D eigenvalue weighted by atomic mass is 32.2. The van der Waals surface area contributed by atoms with Gasteiger partial charge in [0.05, 0.1) is 4.75 Å². The maximum Gasteiger partial charge on any atom is 0.216 e. The fraction of sp³-hybridized carbons (Fsp3) is 0.538. The smallest absolute Gasteiger partial charge is 0.215 e. The van der Waals surface area contributed by atoms with Gasteiger partial charge >= 0.3 is 0 Å². The summed E-state index contributed by atoms with van der Waals surface area (Å²) in [4.78, 5) is 0. The summed E-state index contributed by atoms with van der Waals surface area (Å²) in [6.07, 6.45) is 1.72. The highest BCUT2D eigenvalue weighted by Gasteiger charge is 2.27. The van der Waals surface area contributed by atoms with Gasteiger partial charge in [0.2, 0.25) is 10.0 Å². The predicted molar refractivity (Wildman–Crippen MR) is 71.4 cm³/mol.